The van der Waals surface area contributed by atoms with Crippen LogP contribution in [0.5, 0.6) is 0 Å². The summed E-state index contributed by atoms with van der Waals surface area (Å²) >= 11 is 0. The number of carbonyl (C=O) groups excluding carboxylic acids is 2. The Kier molecular flexibility index (Phi) is 9.49. The van der Waals surface area contributed by atoms with Gasteiger partial charge in [0.05, 0.1) is 36.1 Å². The largest absolute Gasteiger partial charge is 0.389 e. The van der Waals surface area contributed by atoms with Gasteiger partial charge in [-0.15, -0.1) is 0 Å². The van der Waals surface area contributed by atoms with Crippen LogP contribution < -0.4 is 10.0 Å². The van der Waals surface area contributed by atoms with Gasteiger partial charge in [-0.3, -0.25) is 4.79 Å². The van der Waals surface area contributed by atoms with Crippen molar-refractivity contribution in [3.8, 4) is 0 Å². The first-order chi connectivity index (χ1) is 17.6. The number of urea groups is 1. The average Bonchev–Trinajstić information content (AvgIpc) is 2.79. The number of nitrogens with one attached hydrogen (secondary N) is 2. The molecule has 2 aliphatic rings. The summed E-state index contributed by atoms with van der Waals surface area (Å²) in [6.45, 7) is 6.90. The molecule has 3 rings (SSSR count). The molecule has 2 unspecified atom stereocenters. The normalized spacial score (nSPS) is 24.1. The van der Waals surface area contributed by atoms with Crippen LogP contribution in [0, 0.1) is 11.8 Å². The Hall–Kier alpha value is -2.22. The third kappa shape index (κ3) is 8.39. The minimum Gasteiger partial charge on any atom is -0.389 e. The van der Waals surface area contributed by atoms with Gasteiger partial charge >= 0.3 is 16.2 Å². The molecule has 3 amide bonds. The lowest BCUT2D eigenvalue weighted by molar-refractivity contribution is -0.126. The van der Waals surface area contributed by atoms with E-state index in [9.17, 15) is 31.5 Å². The maximum Gasteiger partial charge on any atom is 0.334 e. The van der Waals surface area contributed by atoms with Crippen molar-refractivity contribution in [2.45, 2.75) is 64.6 Å². The second kappa shape index (κ2) is 11.9. The van der Waals surface area contributed by atoms with E-state index in [-0.39, 0.29) is 43.5 Å². The third-order valence-electron chi connectivity index (χ3n) is 6.55. The number of rotatable bonds is 9. The summed E-state index contributed by atoms with van der Waals surface area (Å²) in [4.78, 5) is 27.6. The molecule has 1 aromatic carbocycles. The Morgan fingerprint density at radius 3 is 2.45 bits per heavy atom. The first kappa shape index (κ1) is 30.3. The number of sulfone groups is 1. The van der Waals surface area contributed by atoms with Crippen LogP contribution >= 0.6 is 0 Å². The van der Waals surface area contributed by atoms with Crippen LogP contribution in [0.1, 0.15) is 46.1 Å². The summed E-state index contributed by atoms with van der Waals surface area (Å²) in [5, 5.41) is 14.1. The summed E-state index contributed by atoms with van der Waals surface area (Å²) in [7, 11) is -7.43. The topological polar surface area (TPSA) is 153 Å². The number of nitrogens with zero attached hydrogens (tertiary/aromatic N) is 2. The van der Waals surface area contributed by atoms with Crippen LogP contribution in [-0.4, -0.2) is 91.9 Å². The molecular formula is C25H40N4O7S2. The fraction of sp³-hybridized carbons (Fsp3) is 0.680. The van der Waals surface area contributed by atoms with Crippen LogP contribution in [0.25, 0.3) is 0 Å². The van der Waals surface area contributed by atoms with Gasteiger partial charge in [0, 0.05) is 18.6 Å². The molecule has 3 N–H and O–H groups in total. The van der Waals surface area contributed by atoms with Crippen molar-refractivity contribution < 1.29 is 31.5 Å². The Labute approximate surface area is 226 Å². The molecule has 2 fully saturated rings. The fourth-order valence-electron chi connectivity index (χ4n) is 4.86. The fourth-order valence-corrected chi connectivity index (χ4v) is 8.22. The molecule has 0 aliphatic carbocycles. The van der Waals surface area contributed by atoms with Crippen LogP contribution in [-0.2, 0) is 31.3 Å². The zero-order chi connectivity index (χ0) is 28.3. The van der Waals surface area contributed by atoms with E-state index in [0.717, 1.165) is 9.87 Å². The van der Waals surface area contributed by atoms with Crippen LogP contribution in [0.2, 0.25) is 0 Å². The molecule has 0 aromatic heterocycles. The quantitative estimate of drug-likeness (QED) is 0.397. The van der Waals surface area contributed by atoms with Gasteiger partial charge < -0.3 is 15.3 Å². The number of carbonyl (C=O) groups is 2. The Bertz CT molecular complexity index is 1200. The van der Waals surface area contributed by atoms with Crippen molar-refractivity contribution in [2.75, 3.05) is 31.1 Å². The highest BCUT2D eigenvalue weighted by Gasteiger charge is 2.40. The zero-order valence-electron chi connectivity index (χ0n) is 22.5. The van der Waals surface area contributed by atoms with E-state index in [0.29, 0.717) is 12.8 Å². The lowest BCUT2D eigenvalue weighted by Crippen LogP contribution is -2.61. The van der Waals surface area contributed by atoms with Gasteiger partial charge in [0.15, 0.2) is 9.84 Å². The van der Waals surface area contributed by atoms with Crippen molar-refractivity contribution >= 4 is 32.0 Å². The van der Waals surface area contributed by atoms with E-state index < -0.39 is 55.6 Å². The number of aliphatic hydroxyl groups excluding tert-OH is 1. The molecule has 2 saturated heterocycles. The van der Waals surface area contributed by atoms with Gasteiger partial charge in [-0.1, -0.05) is 37.3 Å². The number of hydrogen-bond acceptors (Lipinski definition) is 7. The average molecular weight is 573 g/mol. The number of hydrogen-bond donors (Lipinski definition) is 3. The van der Waals surface area contributed by atoms with Crippen LogP contribution in [0.15, 0.2) is 30.3 Å². The maximum absolute atomic E-state index is 13.2. The predicted octanol–water partition coefficient (Wildman–Crippen LogP) is 0.906. The first-order valence-corrected chi connectivity index (χ1v) is 16.2. The van der Waals surface area contributed by atoms with Gasteiger partial charge in [0.25, 0.3) is 0 Å². The van der Waals surface area contributed by atoms with E-state index in [4.69, 9.17) is 0 Å². The number of aliphatic hydroxyl groups is 1. The molecule has 38 heavy (non-hydrogen) atoms. The Balaban J connectivity index is 1.78. The molecular weight excluding hydrogens is 532 g/mol. The highest BCUT2D eigenvalue weighted by atomic mass is 32.2. The number of amides is 3. The summed E-state index contributed by atoms with van der Waals surface area (Å²) in [6.07, 6.45) is -0.138. The molecule has 13 heteroatoms. The summed E-state index contributed by atoms with van der Waals surface area (Å²) < 4.78 is 53.3. The van der Waals surface area contributed by atoms with Crippen molar-refractivity contribution in [1.82, 2.24) is 19.2 Å². The van der Waals surface area contributed by atoms with Gasteiger partial charge in [-0.2, -0.15) is 13.1 Å². The molecule has 11 nitrogen and oxygen atoms in total. The highest BCUT2D eigenvalue weighted by molar-refractivity contribution is 7.91. The second-order valence-corrected chi connectivity index (χ2v) is 15.3. The standard InChI is InChI=1S/C25H40N4O7S2/c1-18-14-28(24(32)29(15-18)38(35,36)27-25(2,3)4)16-22(30)21(13-19-9-6-5-7-10-19)26-23(31)20-11-8-12-37(33,34)17-20/h5-7,9-10,18,20-22,27,30H,8,11-17H2,1-4H3,(H,26,31)/t18?,20?,21-,22+/m0/s1. The lowest BCUT2D eigenvalue weighted by Gasteiger charge is -2.40. The van der Waals surface area contributed by atoms with Crippen molar-refractivity contribution in [3.63, 3.8) is 0 Å². The summed E-state index contributed by atoms with van der Waals surface area (Å²) in [5.41, 5.74) is 0.0481. The molecule has 2 heterocycles. The SMILES string of the molecule is CC1CN(C[C@@H](O)[C@H](Cc2ccccc2)NC(=O)C2CCCS(=O)(=O)C2)C(=O)N(S(=O)(=O)NC(C)(C)C)C1. The third-order valence-corrected chi connectivity index (χ3v) is 10.1. The highest BCUT2D eigenvalue weighted by Crippen LogP contribution is 2.22. The molecule has 0 bridgehead atoms. The summed E-state index contributed by atoms with van der Waals surface area (Å²) in [5.74, 6) is -1.52. The van der Waals surface area contributed by atoms with E-state index in [1.807, 2.05) is 37.3 Å². The van der Waals surface area contributed by atoms with Crippen molar-refractivity contribution in [2.24, 2.45) is 11.8 Å². The van der Waals surface area contributed by atoms with E-state index >= 15 is 0 Å². The number of benzene rings is 1. The van der Waals surface area contributed by atoms with E-state index in [1.165, 1.54) is 4.90 Å². The predicted molar refractivity (Wildman–Crippen MR) is 144 cm³/mol. The number of β-amino-alcohol motifs (C(OH)–C–C–N with tert-alkyl or cyclic N) is 1. The Morgan fingerprint density at radius 1 is 1.18 bits per heavy atom. The molecule has 4 atom stereocenters. The lowest BCUT2D eigenvalue weighted by atomic mass is 9.98. The smallest absolute Gasteiger partial charge is 0.334 e. The van der Waals surface area contributed by atoms with Crippen LogP contribution in [0.3, 0.4) is 0 Å². The van der Waals surface area contributed by atoms with Crippen molar-refractivity contribution in [3.05, 3.63) is 35.9 Å². The molecule has 0 spiro atoms. The monoisotopic (exact) mass is 572 g/mol. The zero-order valence-corrected chi connectivity index (χ0v) is 24.1. The van der Waals surface area contributed by atoms with Crippen LogP contribution in [0.4, 0.5) is 4.79 Å². The molecule has 0 radical (unpaired) electrons. The maximum atomic E-state index is 13.2. The summed E-state index contributed by atoms with van der Waals surface area (Å²) in [6, 6.07) is 7.62. The minimum absolute atomic E-state index is 0.0111. The van der Waals surface area contributed by atoms with Gasteiger partial charge in [0.1, 0.15) is 0 Å². The Morgan fingerprint density at radius 2 is 1.84 bits per heavy atom. The minimum atomic E-state index is -4.12. The van der Waals surface area contributed by atoms with Gasteiger partial charge in [0.2, 0.25) is 5.91 Å². The van der Waals surface area contributed by atoms with Gasteiger partial charge in [-0.05, 0) is 51.5 Å². The molecule has 2 aliphatic heterocycles. The molecule has 214 valence electrons. The van der Waals surface area contributed by atoms with E-state index in [2.05, 4.69) is 10.0 Å². The second-order valence-electron chi connectivity index (χ2n) is 11.5. The van der Waals surface area contributed by atoms with E-state index in [1.54, 1.807) is 20.8 Å². The van der Waals surface area contributed by atoms with Crippen molar-refractivity contribution in [1.29, 1.82) is 0 Å². The van der Waals surface area contributed by atoms with Gasteiger partial charge in [-0.25, -0.2) is 17.5 Å². The molecule has 0 saturated carbocycles. The molecule has 1 aromatic rings. The first-order valence-electron chi connectivity index (χ1n) is 12.9.